The minimum Gasteiger partial charge on any atom is -0.365 e. The molecule has 0 aromatic heterocycles. The highest BCUT2D eigenvalue weighted by Crippen LogP contribution is 2.38. The number of rotatable bonds is 4. The quantitative estimate of drug-likeness (QED) is 0.828. The Morgan fingerprint density at radius 2 is 1.92 bits per heavy atom. The number of anilines is 2. The van der Waals surface area contributed by atoms with Crippen molar-refractivity contribution < 1.29 is 13.2 Å². The molecule has 0 radical (unpaired) electrons. The van der Waals surface area contributed by atoms with Gasteiger partial charge in [-0.1, -0.05) is 12.1 Å². The third kappa shape index (κ3) is 3.28. The smallest absolute Gasteiger partial charge is 0.228 e. The Kier molecular flexibility index (Phi) is 4.83. The molecule has 2 aliphatic rings. The summed E-state index contributed by atoms with van der Waals surface area (Å²) in [5.74, 6) is -0.260. The third-order valence-corrected chi connectivity index (χ3v) is 6.77. The minimum atomic E-state index is -3.36. The molecule has 1 saturated heterocycles. The Hall–Kier alpha value is -1.60. The summed E-state index contributed by atoms with van der Waals surface area (Å²) in [7, 11) is -0.365. The van der Waals surface area contributed by atoms with Gasteiger partial charge in [-0.05, 0) is 31.4 Å². The van der Waals surface area contributed by atoms with Gasteiger partial charge in [0.1, 0.15) is 0 Å². The van der Waals surface area contributed by atoms with E-state index in [-0.39, 0.29) is 18.1 Å². The topological polar surface area (TPSA) is 60.9 Å². The lowest BCUT2D eigenvalue weighted by atomic mass is 9.97. The zero-order valence-corrected chi connectivity index (χ0v) is 15.1. The van der Waals surface area contributed by atoms with E-state index in [0.717, 1.165) is 24.3 Å². The predicted molar refractivity (Wildman–Crippen MR) is 95.9 cm³/mol. The second-order valence-corrected chi connectivity index (χ2v) is 8.99. The van der Waals surface area contributed by atoms with Gasteiger partial charge in [0, 0.05) is 39.6 Å². The molecule has 0 bridgehead atoms. The van der Waals surface area contributed by atoms with Crippen molar-refractivity contribution in [3.63, 3.8) is 0 Å². The van der Waals surface area contributed by atoms with E-state index in [2.05, 4.69) is 11.0 Å². The van der Waals surface area contributed by atoms with Crippen molar-refractivity contribution >= 4 is 27.3 Å². The van der Waals surface area contributed by atoms with Crippen LogP contribution in [-0.4, -0.2) is 57.6 Å². The van der Waals surface area contributed by atoms with E-state index in [4.69, 9.17) is 0 Å². The summed E-state index contributed by atoms with van der Waals surface area (Å²) < 4.78 is 25.1. The molecular formula is C17H25N3O3S. The average Bonchev–Trinajstić information content (AvgIpc) is 2.59. The molecule has 1 aromatic carbocycles. The molecule has 1 aromatic rings. The SMILES string of the molecule is CN(C)S(=O)(=O)CCC(=O)N1C[C@H]2CCCCN2c2ccccc21. The molecular weight excluding hydrogens is 326 g/mol. The van der Waals surface area contributed by atoms with Crippen LogP contribution in [0.2, 0.25) is 0 Å². The summed E-state index contributed by atoms with van der Waals surface area (Å²) in [6, 6.07) is 8.28. The maximum Gasteiger partial charge on any atom is 0.228 e. The van der Waals surface area contributed by atoms with Gasteiger partial charge in [-0.2, -0.15) is 0 Å². The van der Waals surface area contributed by atoms with E-state index in [1.54, 1.807) is 4.90 Å². The second kappa shape index (κ2) is 6.72. The fourth-order valence-corrected chi connectivity index (χ4v) is 4.32. The molecule has 0 N–H and O–H groups in total. The van der Waals surface area contributed by atoms with E-state index in [9.17, 15) is 13.2 Å². The first-order valence-electron chi connectivity index (χ1n) is 8.46. The molecule has 2 aliphatic heterocycles. The number of benzene rings is 1. The van der Waals surface area contributed by atoms with Crippen LogP contribution in [0.5, 0.6) is 0 Å². The lowest BCUT2D eigenvalue weighted by Gasteiger charge is -2.46. The largest absolute Gasteiger partial charge is 0.365 e. The van der Waals surface area contributed by atoms with Gasteiger partial charge in [-0.25, -0.2) is 12.7 Å². The number of amides is 1. The number of piperidine rings is 1. The Morgan fingerprint density at radius 1 is 1.21 bits per heavy atom. The van der Waals surface area contributed by atoms with Crippen molar-refractivity contribution in [2.75, 3.05) is 42.7 Å². The van der Waals surface area contributed by atoms with Gasteiger partial charge in [0.05, 0.1) is 17.1 Å². The van der Waals surface area contributed by atoms with Crippen LogP contribution in [0.4, 0.5) is 11.4 Å². The Bertz CT molecular complexity index is 718. The van der Waals surface area contributed by atoms with Crippen LogP contribution in [0.25, 0.3) is 0 Å². The van der Waals surface area contributed by atoms with E-state index in [0.29, 0.717) is 12.6 Å². The number of hydrogen-bond donors (Lipinski definition) is 0. The third-order valence-electron chi connectivity index (χ3n) is 4.93. The number of carbonyl (C=O) groups excluding carboxylic acids is 1. The molecule has 3 rings (SSSR count). The molecule has 1 atom stereocenters. The van der Waals surface area contributed by atoms with Crippen LogP contribution in [0.3, 0.4) is 0 Å². The van der Waals surface area contributed by atoms with Crippen LogP contribution in [0, 0.1) is 0 Å². The molecule has 132 valence electrons. The Balaban J connectivity index is 1.81. The highest BCUT2D eigenvalue weighted by molar-refractivity contribution is 7.89. The average molecular weight is 351 g/mol. The van der Waals surface area contributed by atoms with Crippen LogP contribution >= 0.6 is 0 Å². The van der Waals surface area contributed by atoms with Crippen molar-refractivity contribution in [3.05, 3.63) is 24.3 Å². The molecule has 1 fully saturated rings. The molecule has 0 unspecified atom stereocenters. The van der Waals surface area contributed by atoms with Gasteiger partial charge in [0.15, 0.2) is 0 Å². The van der Waals surface area contributed by atoms with Gasteiger partial charge in [0.2, 0.25) is 15.9 Å². The van der Waals surface area contributed by atoms with Gasteiger partial charge in [-0.3, -0.25) is 4.79 Å². The van der Waals surface area contributed by atoms with Gasteiger partial charge >= 0.3 is 0 Å². The molecule has 2 heterocycles. The molecule has 6 nitrogen and oxygen atoms in total. The molecule has 0 aliphatic carbocycles. The van der Waals surface area contributed by atoms with E-state index >= 15 is 0 Å². The highest BCUT2D eigenvalue weighted by atomic mass is 32.2. The van der Waals surface area contributed by atoms with Crippen LogP contribution in [0.1, 0.15) is 25.7 Å². The lowest BCUT2D eigenvalue weighted by molar-refractivity contribution is -0.118. The monoisotopic (exact) mass is 351 g/mol. The number of carbonyl (C=O) groups is 1. The normalized spacial score (nSPS) is 20.7. The zero-order valence-electron chi connectivity index (χ0n) is 14.3. The van der Waals surface area contributed by atoms with Crippen LogP contribution < -0.4 is 9.80 Å². The fourth-order valence-electron chi connectivity index (χ4n) is 3.52. The van der Waals surface area contributed by atoms with Crippen molar-refractivity contribution in [1.82, 2.24) is 4.31 Å². The number of sulfonamides is 1. The minimum absolute atomic E-state index is 0.0154. The first-order chi connectivity index (χ1) is 11.4. The van der Waals surface area contributed by atoms with Gasteiger partial charge < -0.3 is 9.80 Å². The van der Waals surface area contributed by atoms with E-state index in [1.807, 2.05) is 18.2 Å². The fraction of sp³-hybridized carbons (Fsp3) is 0.588. The maximum absolute atomic E-state index is 12.7. The first kappa shape index (κ1) is 17.2. The summed E-state index contributed by atoms with van der Waals surface area (Å²) in [6.45, 7) is 1.68. The summed E-state index contributed by atoms with van der Waals surface area (Å²) in [4.78, 5) is 16.9. The molecule has 0 spiro atoms. The zero-order chi connectivity index (χ0) is 17.3. The van der Waals surface area contributed by atoms with Crippen molar-refractivity contribution in [2.45, 2.75) is 31.7 Å². The van der Waals surface area contributed by atoms with E-state index in [1.165, 1.54) is 31.2 Å². The summed E-state index contributed by atoms with van der Waals surface area (Å²) in [5, 5.41) is 0. The number of fused-ring (bicyclic) bond motifs is 3. The number of nitrogens with zero attached hydrogens (tertiary/aromatic N) is 3. The molecule has 7 heteroatoms. The lowest BCUT2D eigenvalue weighted by Crippen LogP contribution is -2.53. The summed E-state index contributed by atoms with van der Waals surface area (Å²) >= 11 is 0. The highest BCUT2D eigenvalue weighted by Gasteiger charge is 2.34. The van der Waals surface area contributed by atoms with Gasteiger partial charge in [-0.15, -0.1) is 0 Å². The Labute approximate surface area is 144 Å². The molecule has 0 saturated carbocycles. The van der Waals surface area contributed by atoms with Gasteiger partial charge in [0.25, 0.3) is 0 Å². The van der Waals surface area contributed by atoms with Crippen molar-refractivity contribution in [2.24, 2.45) is 0 Å². The second-order valence-electron chi connectivity index (χ2n) is 6.68. The number of para-hydroxylation sites is 2. The standard InChI is InChI=1S/C17H25N3O3S/c1-18(2)24(22,23)12-10-17(21)20-13-14-7-5-6-11-19(14)15-8-3-4-9-16(15)20/h3-4,8-9,14H,5-7,10-13H2,1-2H3/t14-/m1/s1. The molecule has 1 amide bonds. The van der Waals surface area contributed by atoms with Crippen molar-refractivity contribution in [3.8, 4) is 0 Å². The predicted octanol–water partition coefficient (Wildman–Crippen LogP) is 1.67. The summed E-state index contributed by atoms with van der Waals surface area (Å²) in [5.41, 5.74) is 2.00. The number of hydrogen-bond acceptors (Lipinski definition) is 4. The maximum atomic E-state index is 12.7. The van der Waals surface area contributed by atoms with Crippen LogP contribution in [-0.2, 0) is 14.8 Å². The van der Waals surface area contributed by atoms with Crippen molar-refractivity contribution in [1.29, 1.82) is 0 Å². The van der Waals surface area contributed by atoms with E-state index < -0.39 is 10.0 Å². The molecule has 24 heavy (non-hydrogen) atoms. The van der Waals surface area contributed by atoms with Crippen LogP contribution in [0.15, 0.2) is 24.3 Å². The first-order valence-corrected chi connectivity index (χ1v) is 10.1. The Morgan fingerprint density at radius 3 is 2.62 bits per heavy atom. The summed E-state index contributed by atoms with van der Waals surface area (Å²) in [6.07, 6.45) is 3.45.